The van der Waals surface area contributed by atoms with Gasteiger partial charge in [-0.2, -0.15) is 0 Å². The molecule has 3 nitrogen and oxygen atoms in total. The van der Waals surface area contributed by atoms with E-state index in [1.807, 2.05) is 30.3 Å². The normalized spacial score (nSPS) is 12.2. The number of nitrogens with zero attached hydrogens (tertiary/aromatic N) is 1. The molecule has 0 saturated heterocycles. The Bertz CT molecular complexity index is 289. The van der Waals surface area contributed by atoms with Gasteiger partial charge in [-0.15, -0.1) is 0 Å². The summed E-state index contributed by atoms with van der Waals surface area (Å²) in [4.78, 5) is 10.7. The number of hydrogen-bond donors (Lipinski definition) is 1. The van der Waals surface area contributed by atoms with E-state index in [4.69, 9.17) is 5.11 Å². The Balaban J connectivity index is 2.79. The van der Waals surface area contributed by atoms with E-state index < -0.39 is 12.0 Å². The zero-order chi connectivity index (χ0) is 9.84. The second kappa shape index (κ2) is 4.30. The molecule has 0 amide bonds. The summed E-state index contributed by atoms with van der Waals surface area (Å²) < 4.78 is 1.66. The quantitative estimate of drug-likeness (QED) is 0.799. The fraction of sp³-hybridized carbons (Fsp3) is 0.222. The first kappa shape index (κ1) is 10.1. The third kappa shape index (κ3) is 2.47. The zero-order valence-corrected chi connectivity index (χ0v) is 9.09. The van der Waals surface area contributed by atoms with Gasteiger partial charge in [0.15, 0.2) is 0 Å². The summed E-state index contributed by atoms with van der Waals surface area (Å²) in [6.07, 6.45) is 0. The molecule has 0 aliphatic heterocycles. The fourth-order valence-electron chi connectivity index (χ4n) is 0.909. The van der Waals surface area contributed by atoms with Crippen LogP contribution >= 0.6 is 0 Å². The van der Waals surface area contributed by atoms with Crippen LogP contribution in [0.3, 0.4) is 0 Å². The molecule has 70 valence electrons. The predicted octanol–water partition coefficient (Wildman–Crippen LogP) is 0.782. The van der Waals surface area contributed by atoms with Gasteiger partial charge in [-0.3, -0.25) is 0 Å². The van der Waals surface area contributed by atoms with Crippen LogP contribution in [0.25, 0.3) is 0 Å². The Morgan fingerprint density at radius 3 is 2.46 bits per heavy atom. The van der Waals surface area contributed by atoms with E-state index in [0.29, 0.717) is 0 Å². The second-order valence-corrected chi connectivity index (χ2v) is 3.60. The Hall–Kier alpha value is -0.991. The standard InChI is InChI=1S/C9H11NO2Se/c1-7(9(11)12)10(13)8-5-3-2-4-6-8/h2-7,13H,1H3,(H,11,12). The number of hydrogen-bond acceptors (Lipinski definition) is 2. The third-order valence-corrected chi connectivity index (χ3v) is 2.96. The molecule has 1 aromatic rings. The minimum absolute atomic E-state index is 0.526. The predicted molar refractivity (Wildman–Crippen MR) is 53.2 cm³/mol. The molecule has 0 bridgehead atoms. The molecule has 0 aromatic heterocycles. The van der Waals surface area contributed by atoms with E-state index in [9.17, 15) is 4.79 Å². The summed E-state index contributed by atoms with van der Waals surface area (Å²) >= 11 is 2.25. The summed E-state index contributed by atoms with van der Waals surface area (Å²) in [7, 11) is 0. The van der Waals surface area contributed by atoms with Gasteiger partial charge in [0.2, 0.25) is 0 Å². The fourth-order valence-corrected chi connectivity index (χ4v) is 1.40. The Morgan fingerprint density at radius 1 is 1.46 bits per heavy atom. The molecule has 0 saturated carbocycles. The first-order valence-corrected chi connectivity index (χ1v) is 4.73. The maximum atomic E-state index is 10.7. The summed E-state index contributed by atoms with van der Waals surface area (Å²) in [5.41, 5.74) is 0.886. The molecule has 1 rings (SSSR count). The molecule has 4 heteroatoms. The van der Waals surface area contributed by atoms with Crippen molar-refractivity contribution >= 4 is 27.9 Å². The number of benzene rings is 1. The summed E-state index contributed by atoms with van der Waals surface area (Å²) in [5.74, 6) is -0.829. The van der Waals surface area contributed by atoms with Crippen LogP contribution in [0.15, 0.2) is 30.3 Å². The van der Waals surface area contributed by atoms with Crippen molar-refractivity contribution in [2.45, 2.75) is 13.0 Å². The number of aliphatic carboxylic acids is 1. The van der Waals surface area contributed by atoms with Gasteiger partial charge in [-0.1, -0.05) is 0 Å². The number of rotatable bonds is 3. The van der Waals surface area contributed by atoms with Crippen LogP contribution in [0.5, 0.6) is 0 Å². The summed E-state index contributed by atoms with van der Waals surface area (Å²) in [6.45, 7) is 1.65. The second-order valence-electron chi connectivity index (χ2n) is 2.69. The monoisotopic (exact) mass is 245 g/mol. The van der Waals surface area contributed by atoms with Crippen molar-refractivity contribution in [3.63, 3.8) is 0 Å². The van der Waals surface area contributed by atoms with Crippen molar-refractivity contribution in [2.75, 3.05) is 3.92 Å². The topological polar surface area (TPSA) is 40.5 Å². The van der Waals surface area contributed by atoms with Crippen LogP contribution in [0.4, 0.5) is 5.69 Å². The van der Waals surface area contributed by atoms with E-state index in [0.717, 1.165) is 5.69 Å². The van der Waals surface area contributed by atoms with E-state index in [1.165, 1.54) is 0 Å². The molecule has 0 fully saturated rings. The molecule has 0 radical (unpaired) electrons. The molecule has 13 heavy (non-hydrogen) atoms. The summed E-state index contributed by atoms with van der Waals surface area (Å²) in [5, 5.41) is 8.76. The average molecular weight is 244 g/mol. The number of carboxylic acid groups (broad SMARTS) is 1. The van der Waals surface area contributed by atoms with Crippen LogP contribution in [0.2, 0.25) is 0 Å². The molecule has 1 aromatic carbocycles. The molecular formula is C9H11NO2Se. The van der Waals surface area contributed by atoms with Crippen LogP contribution in [0, 0.1) is 0 Å². The van der Waals surface area contributed by atoms with Gasteiger partial charge in [0.1, 0.15) is 0 Å². The SMILES string of the molecule is CC(C(=O)O)N([SeH])c1ccccc1. The van der Waals surface area contributed by atoms with E-state index in [-0.39, 0.29) is 0 Å². The molecule has 0 spiro atoms. The van der Waals surface area contributed by atoms with E-state index >= 15 is 0 Å². The molecule has 1 unspecified atom stereocenters. The first-order valence-electron chi connectivity index (χ1n) is 3.89. The number of anilines is 1. The van der Waals surface area contributed by atoms with E-state index in [2.05, 4.69) is 16.2 Å². The van der Waals surface area contributed by atoms with Gasteiger partial charge in [0, 0.05) is 0 Å². The molecule has 1 N–H and O–H groups in total. The molecule has 0 aliphatic carbocycles. The number of para-hydroxylation sites is 1. The van der Waals surface area contributed by atoms with Crippen molar-refractivity contribution < 1.29 is 9.90 Å². The van der Waals surface area contributed by atoms with Crippen LogP contribution in [0.1, 0.15) is 6.92 Å². The van der Waals surface area contributed by atoms with Crippen LogP contribution in [-0.4, -0.2) is 33.3 Å². The van der Waals surface area contributed by atoms with Gasteiger partial charge in [0.05, 0.1) is 0 Å². The van der Waals surface area contributed by atoms with Crippen molar-refractivity contribution in [3.8, 4) is 0 Å². The maximum absolute atomic E-state index is 10.7. The molecule has 0 heterocycles. The van der Waals surface area contributed by atoms with E-state index in [1.54, 1.807) is 10.8 Å². The van der Waals surface area contributed by atoms with Crippen molar-refractivity contribution in [1.29, 1.82) is 0 Å². The first-order chi connectivity index (χ1) is 6.13. The number of carboxylic acids is 1. The van der Waals surface area contributed by atoms with Crippen molar-refractivity contribution in [1.82, 2.24) is 0 Å². The minimum atomic E-state index is -0.829. The van der Waals surface area contributed by atoms with Gasteiger partial charge in [-0.05, 0) is 0 Å². The zero-order valence-electron chi connectivity index (χ0n) is 7.21. The molecule has 1 atom stereocenters. The Labute approximate surface area is 85.4 Å². The molecular weight excluding hydrogens is 233 g/mol. The van der Waals surface area contributed by atoms with Gasteiger partial charge in [-0.25, -0.2) is 0 Å². The van der Waals surface area contributed by atoms with Gasteiger partial charge in [0.25, 0.3) is 0 Å². The third-order valence-electron chi connectivity index (χ3n) is 1.74. The van der Waals surface area contributed by atoms with Gasteiger partial charge >= 0.3 is 85.0 Å². The number of carbonyl (C=O) groups is 1. The van der Waals surface area contributed by atoms with Gasteiger partial charge < -0.3 is 0 Å². The average Bonchev–Trinajstić information content (AvgIpc) is 2.17. The van der Waals surface area contributed by atoms with Crippen LogP contribution in [-0.2, 0) is 4.79 Å². The molecule has 0 aliphatic rings. The van der Waals surface area contributed by atoms with Crippen molar-refractivity contribution in [3.05, 3.63) is 30.3 Å². The Morgan fingerprint density at radius 2 is 2.00 bits per heavy atom. The summed E-state index contributed by atoms with van der Waals surface area (Å²) in [6, 6.07) is 8.88. The Kier molecular flexibility index (Phi) is 3.34. The van der Waals surface area contributed by atoms with Crippen LogP contribution < -0.4 is 3.92 Å². The van der Waals surface area contributed by atoms with Crippen molar-refractivity contribution in [2.24, 2.45) is 0 Å².